The molecule has 0 saturated carbocycles. The van der Waals surface area contributed by atoms with Crippen LogP contribution < -0.4 is 9.62 Å². The van der Waals surface area contributed by atoms with Crippen LogP contribution in [0.4, 0.5) is 11.4 Å². The number of rotatable bonds is 6. The van der Waals surface area contributed by atoms with Crippen LogP contribution in [0.1, 0.15) is 5.56 Å². The van der Waals surface area contributed by atoms with E-state index >= 15 is 0 Å². The van der Waals surface area contributed by atoms with Gasteiger partial charge in [0.05, 0.1) is 10.6 Å². The van der Waals surface area contributed by atoms with Gasteiger partial charge in [0.1, 0.15) is 6.54 Å². The van der Waals surface area contributed by atoms with Gasteiger partial charge < -0.3 is 5.32 Å². The van der Waals surface area contributed by atoms with Gasteiger partial charge in [-0.3, -0.25) is 9.10 Å². The number of nitrogens with one attached hydrogen (secondary N) is 1. The number of sulfonamides is 1. The topological polar surface area (TPSA) is 66.5 Å². The summed E-state index contributed by atoms with van der Waals surface area (Å²) in [5, 5.41) is 3.65. The predicted molar refractivity (Wildman–Crippen MR) is 117 cm³/mol. The SMILES string of the molecule is Cc1ccc(N(CC(=O)Nc2ccc(Cl)cc2)S(=O)(=O)c2ccc(Cl)cc2)cc1. The number of nitrogens with zero attached hydrogens (tertiary/aromatic N) is 1. The summed E-state index contributed by atoms with van der Waals surface area (Å²) in [6.45, 7) is 1.51. The van der Waals surface area contributed by atoms with Gasteiger partial charge in [-0.1, -0.05) is 40.9 Å². The Morgan fingerprint density at radius 3 is 1.93 bits per heavy atom. The Morgan fingerprint density at radius 2 is 1.38 bits per heavy atom. The van der Waals surface area contributed by atoms with Crippen LogP contribution in [0.2, 0.25) is 10.0 Å². The fourth-order valence-electron chi connectivity index (χ4n) is 2.62. The molecule has 1 amide bonds. The molecule has 0 aromatic heterocycles. The molecular formula is C21H18Cl2N2O3S. The summed E-state index contributed by atoms with van der Waals surface area (Å²) in [4.78, 5) is 12.7. The van der Waals surface area contributed by atoms with Crippen molar-refractivity contribution >= 4 is 50.5 Å². The maximum absolute atomic E-state index is 13.2. The normalized spacial score (nSPS) is 11.1. The largest absolute Gasteiger partial charge is 0.325 e. The fraction of sp³-hybridized carbons (Fsp3) is 0.0952. The predicted octanol–water partition coefficient (Wildman–Crippen LogP) is 5.14. The Labute approximate surface area is 179 Å². The number of halogens is 2. The quantitative estimate of drug-likeness (QED) is 0.567. The second-order valence-electron chi connectivity index (χ2n) is 6.36. The molecule has 0 saturated heterocycles. The van der Waals surface area contributed by atoms with Crippen LogP contribution in [-0.2, 0) is 14.8 Å². The van der Waals surface area contributed by atoms with Crippen molar-refractivity contribution in [3.63, 3.8) is 0 Å². The van der Waals surface area contributed by atoms with Crippen molar-refractivity contribution in [2.75, 3.05) is 16.2 Å². The lowest BCUT2D eigenvalue weighted by molar-refractivity contribution is -0.114. The van der Waals surface area contributed by atoms with Gasteiger partial charge in [0.15, 0.2) is 0 Å². The van der Waals surface area contributed by atoms with Gasteiger partial charge in [-0.2, -0.15) is 0 Å². The average molecular weight is 449 g/mol. The molecule has 3 aromatic carbocycles. The third-order valence-corrected chi connectivity index (χ3v) is 6.43. The van der Waals surface area contributed by atoms with Crippen LogP contribution in [0, 0.1) is 6.92 Å². The molecule has 29 heavy (non-hydrogen) atoms. The third kappa shape index (κ3) is 5.29. The van der Waals surface area contributed by atoms with Gasteiger partial charge in [0.2, 0.25) is 5.91 Å². The van der Waals surface area contributed by atoms with Crippen molar-refractivity contribution in [1.29, 1.82) is 0 Å². The Kier molecular flexibility index (Phi) is 6.47. The zero-order chi connectivity index (χ0) is 21.0. The van der Waals surface area contributed by atoms with Crippen molar-refractivity contribution < 1.29 is 13.2 Å². The summed E-state index contributed by atoms with van der Waals surface area (Å²) in [7, 11) is -3.99. The monoisotopic (exact) mass is 448 g/mol. The summed E-state index contributed by atoms with van der Waals surface area (Å²) in [5.41, 5.74) is 1.88. The highest BCUT2D eigenvalue weighted by Crippen LogP contribution is 2.25. The maximum atomic E-state index is 13.2. The highest BCUT2D eigenvalue weighted by atomic mass is 35.5. The Hall–Kier alpha value is -2.54. The molecule has 0 unspecified atom stereocenters. The molecular weight excluding hydrogens is 431 g/mol. The number of hydrogen-bond acceptors (Lipinski definition) is 3. The summed E-state index contributed by atoms with van der Waals surface area (Å²) in [5.74, 6) is -0.481. The smallest absolute Gasteiger partial charge is 0.264 e. The first-order chi connectivity index (χ1) is 13.8. The van der Waals surface area contributed by atoms with E-state index in [0.717, 1.165) is 9.87 Å². The lowest BCUT2D eigenvalue weighted by atomic mass is 10.2. The summed E-state index contributed by atoms with van der Waals surface area (Å²) < 4.78 is 27.6. The van der Waals surface area contributed by atoms with Gasteiger partial charge in [0, 0.05) is 15.7 Å². The van der Waals surface area contributed by atoms with Crippen molar-refractivity contribution in [2.45, 2.75) is 11.8 Å². The maximum Gasteiger partial charge on any atom is 0.264 e. The number of benzene rings is 3. The lowest BCUT2D eigenvalue weighted by Gasteiger charge is -2.24. The molecule has 8 heteroatoms. The molecule has 150 valence electrons. The van der Waals surface area contributed by atoms with Crippen molar-refractivity contribution in [3.05, 3.63) is 88.4 Å². The minimum atomic E-state index is -3.99. The van der Waals surface area contributed by atoms with E-state index < -0.39 is 22.5 Å². The molecule has 0 atom stereocenters. The molecule has 0 bridgehead atoms. The first kappa shape index (κ1) is 21.2. The molecule has 0 radical (unpaired) electrons. The molecule has 0 aliphatic rings. The molecule has 5 nitrogen and oxygen atoms in total. The summed E-state index contributed by atoms with van der Waals surface area (Å²) >= 11 is 11.7. The minimum Gasteiger partial charge on any atom is -0.325 e. The Balaban J connectivity index is 1.92. The van der Waals surface area contributed by atoms with E-state index in [0.29, 0.717) is 21.4 Å². The van der Waals surface area contributed by atoms with E-state index in [1.54, 1.807) is 48.5 Å². The average Bonchev–Trinajstić information content (AvgIpc) is 2.69. The van der Waals surface area contributed by atoms with Crippen LogP contribution in [0.5, 0.6) is 0 Å². The lowest BCUT2D eigenvalue weighted by Crippen LogP contribution is -2.38. The number of carbonyl (C=O) groups excluding carboxylic acids is 1. The van der Waals surface area contributed by atoms with Crippen LogP contribution in [0.25, 0.3) is 0 Å². The van der Waals surface area contributed by atoms with Gasteiger partial charge >= 0.3 is 0 Å². The van der Waals surface area contributed by atoms with Crippen molar-refractivity contribution in [1.82, 2.24) is 0 Å². The molecule has 0 aliphatic carbocycles. The van der Waals surface area contributed by atoms with E-state index in [1.165, 1.54) is 24.3 Å². The van der Waals surface area contributed by atoms with Gasteiger partial charge in [-0.25, -0.2) is 8.42 Å². The van der Waals surface area contributed by atoms with Crippen LogP contribution >= 0.6 is 23.2 Å². The van der Waals surface area contributed by atoms with Crippen molar-refractivity contribution in [2.24, 2.45) is 0 Å². The molecule has 3 rings (SSSR count). The number of aryl methyl sites for hydroxylation is 1. The van der Waals surface area contributed by atoms with Crippen LogP contribution in [0.3, 0.4) is 0 Å². The van der Waals surface area contributed by atoms with Crippen molar-refractivity contribution in [3.8, 4) is 0 Å². The Bertz CT molecular complexity index is 1100. The van der Waals surface area contributed by atoms with E-state index in [9.17, 15) is 13.2 Å². The zero-order valence-electron chi connectivity index (χ0n) is 15.5. The number of carbonyl (C=O) groups is 1. The number of hydrogen-bond donors (Lipinski definition) is 1. The second-order valence-corrected chi connectivity index (χ2v) is 9.09. The summed E-state index contributed by atoms with van der Waals surface area (Å²) in [6.07, 6.45) is 0. The third-order valence-electron chi connectivity index (χ3n) is 4.14. The van der Waals surface area contributed by atoms with E-state index in [1.807, 2.05) is 6.92 Å². The molecule has 0 aliphatic heterocycles. The first-order valence-corrected chi connectivity index (χ1v) is 10.9. The van der Waals surface area contributed by atoms with E-state index in [2.05, 4.69) is 5.32 Å². The minimum absolute atomic E-state index is 0.0433. The molecule has 0 heterocycles. The van der Waals surface area contributed by atoms with Crippen LogP contribution in [-0.4, -0.2) is 20.9 Å². The van der Waals surface area contributed by atoms with Gasteiger partial charge in [-0.15, -0.1) is 0 Å². The van der Waals surface area contributed by atoms with Crippen LogP contribution in [0.15, 0.2) is 77.7 Å². The molecule has 1 N–H and O–H groups in total. The van der Waals surface area contributed by atoms with Gasteiger partial charge in [0.25, 0.3) is 10.0 Å². The standard InChI is InChI=1S/C21H18Cl2N2O3S/c1-15-2-10-19(11-3-15)25(29(27,28)20-12-6-17(23)7-13-20)14-21(26)24-18-8-4-16(22)5-9-18/h2-13H,14H2,1H3,(H,24,26). The first-order valence-electron chi connectivity index (χ1n) is 8.66. The summed E-state index contributed by atoms with van der Waals surface area (Å²) in [6, 6.07) is 19.3. The van der Waals surface area contributed by atoms with Gasteiger partial charge in [-0.05, 0) is 67.6 Å². The fourth-order valence-corrected chi connectivity index (χ4v) is 4.30. The Morgan fingerprint density at radius 1 is 0.862 bits per heavy atom. The van der Waals surface area contributed by atoms with E-state index in [4.69, 9.17) is 23.2 Å². The van der Waals surface area contributed by atoms with E-state index in [-0.39, 0.29) is 4.90 Å². The highest BCUT2D eigenvalue weighted by Gasteiger charge is 2.27. The molecule has 0 fully saturated rings. The molecule has 0 spiro atoms. The molecule has 3 aromatic rings. The number of anilines is 2. The second kappa shape index (κ2) is 8.86. The highest BCUT2D eigenvalue weighted by molar-refractivity contribution is 7.92. The zero-order valence-corrected chi connectivity index (χ0v) is 17.8. The number of amides is 1.